The first-order valence-corrected chi connectivity index (χ1v) is 5.04. The summed E-state index contributed by atoms with van der Waals surface area (Å²) >= 11 is 5.07. The molecule has 0 spiro atoms. The summed E-state index contributed by atoms with van der Waals surface area (Å²) in [6.45, 7) is 0. The van der Waals surface area contributed by atoms with E-state index < -0.39 is 0 Å². The fourth-order valence-corrected chi connectivity index (χ4v) is 2.84. The van der Waals surface area contributed by atoms with Gasteiger partial charge in [0.05, 0.1) is 0 Å². The van der Waals surface area contributed by atoms with Crippen LogP contribution in [0.1, 0.15) is 12.8 Å². The van der Waals surface area contributed by atoms with Gasteiger partial charge in [0.25, 0.3) is 0 Å². The van der Waals surface area contributed by atoms with Gasteiger partial charge in [-0.3, -0.25) is 7.12 Å². The van der Waals surface area contributed by atoms with Crippen molar-refractivity contribution in [3.8, 4) is 0 Å². The second kappa shape index (κ2) is 2.18. The average Bonchev–Trinajstić information content (AvgIpc) is 1.86. The minimum absolute atomic E-state index is 0.118. The zero-order chi connectivity index (χ0) is 4.41. The zero-order valence-electron chi connectivity index (χ0n) is 3.68. The monoisotopic (exact) mass is 119 g/mol. The molecule has 1 aliphatic rings. The normalized spacial score (nSPS) is 25.5. The van der Waals surface area contributed by atoms with Crippen molar-refractivity contribution in [2.45, 2.75) is 12.8 Å². The van der Waals surface area contributed by atoms with Gasteiger partial charge in [-0.05, 0) is 0 Å². The third-order valence-corrected chi connectivity index (χ3v) is 3.79. The molecule has 0 amide bonds. The molecule has 2 heteroatoms. The van der Waals surface area contributed by atoms with Crippen LogP contribution in [0.3, 0.4) is 0 Å². The highest BCUT2D eigenvalue weighted by molar-refractivity contribution is 8.33. The number of rotatable bonds is 0. The quantitative estimate of drug-likeness (QED) is 0.345. The van der Waals surface area contributed by atoms with Crippen molar-refractivity contribution in [2.75, 3.05) is 12.3 Å². The Morgan fingerprint density at radius 1 is 1.17 bits per heavy atom. The highest BCUT2D eigenvalue weighted by Crippen LogP contribution is 2.40. The van der Waals surface area contributed by atoms with Crippen molar-refractivity contribution in [3.05, 3.63) is 0 Å². The number of hydrogen-bond donors (Lipinski definition) is 0. The first-order chi connectivity index (χ1) is 2.89. The molecule has 1 fully saturated rings. The summed E-state index contributed by atoms with van der Waals surface area (Å²) in [5, 5.41) is 0. The van der Waals surface area contributed by atoms with E-state index in [1.807, 2.05) is 0 Å². The highest BCUT2D eigenvalue weighted by Gasteiger charge is 1.98. The van der Waals surface area contributed by atoms with Crippen molar-refractivity contribution in [1.29, 1.82) is 0 Å². The molecule has 1 rings (SSSR count). The van der Waals surface area contributed by atoms with E-state index in [0.29, 0.717) is 0 Å². The van der Waals surface area contributed by atoms with Crippen LogP contribution in [-0.4, -0.2) is 12.3 Å². The van der Waals surface area contributed by atoms with Gasteiger partial charge in [-0.25, -0.2) is 0 Å². The lowest BCUT2D eigenvalue weighted by molar-refractivity contribution is 0.949. The predicted octanol–water partition coefficient (Wildman–Crippen LogP) is 1.72. The Morgan fingerprint density at radius 2 is 1.67 bits per heavy atom. The van der Waals surface area contributed by atoms with Gasteiger partial charge < -0.3 is 12.2 Å². The van der Waals surface area contributed by atoms with Crippen LogP contribution >= 0.6 is 7.12 Å². The van der Waals surface area contributed by atoms with E-state index >= 15 is 0 Å². The van der Waals surface area contributed by atoms with E-state index in [1.165, 1.54) is 25.2 Å². The molecule has 0 atom stereocenters. The van der Waals surface area contributed by atoms with Crippen molar-refractivity contribution in [1.82, 2.24) is 0 Å². The first kappa shape index (κ1) is 4.93. The summed E-state index contributed by atoms with van der Waals surface area (Å²) in [6, 6.07) is 0. The van der Waals surface area contributed by atoms with E-state index in [1.54, 1.807) is 0 Å². The first-order valence-electron chi connectivity index (χ1n) is 2.32. The molecule has 1 aliphatic heterocycles. The van der Waals surface area contributed by atoms with Crippen LogP contribution in [0.25, 0.3) is 0 Å². The third kappa shape index (κ3) is 1.13. The smallest absolute Gasteiger partial charge is 0.0508 e. The predicted molar refractivity (Wildman–Crippen MR) is 33.3 cm³/mol. The van der Waals surface area contributed by atoms with Gasteiger partial charge in [-0.1, -0.05) is 25.2 Å². The van der Waals surface area contributed by atoms with E-state index in [4.69, 9.17) is 12.2 Å². The second-order valence-electron chi connectivity index (χ2n) is 1.64. The molecular weight excluding hydrogens is 111 g/mol. The zero-order valence-corrected chi connectivity index (χ0v) is 5.39. The Morgan fingerprint density at radius 3 is 1.83 bits per heavy atom. The Hall–Kier alpha value is 0.780. The molecule has 1 heterocycles. The Balaban J connectivity index is 2.18. The fourth-order valence-electron chi connectivity index (χ4n) is 0.688. The van der Waals surface area contributed by atoms with Gasteiger partial charge in [-0.2, -0.15) is 0 Å². The molecule has 0 aromatic rings. The van der Waals surface area contributed by atoms with Crippen molar-refractivity contribution in [3.63, 3.8) is 0 Å². The van der Waals surface area contributed by atoms with Crippen LogP contribution < -0.4 is 0 Å². The molecule has 0 aliphatic carbocycles. The SMILES string of the molecule is [S-]P1CCCC1. The van der Waals surface area contributed by atoms with Crippen molar-refractivity contribution >= 4 is 19.4 Å². The van der Waals surface area contributed by atoms with Gasteiger partial charge in [0.1, 0.15) is 0 Å². The Kier molecular flexibility index (Phi) is 1.79. The molecule has 0 aromatic carbocycles. The van der Waals surface area contributed by atoms with Crippen LogP contribution in [-0.2, 0) is 12.2 Å². The van der Waals surface area contributed by atoms with Crippen LogP contribution in [0.15, 0.2) is 0 Å². The fraction of sp³-hybridized carbons (Fsp3) is 1.00. The van der Waals surface area contributed by atoms with E-state index in [0.717, 1.165) is 0 Å². The maximum atomic E-state index is 5.07. The molecule has 0 aromatic heterocycles. The van der Waals surface area contributed by atoms with Crippen molar-refractivity contribution < 1.29 is 0 Å². The molecule has 0 radical (unpaired) electrons. The standard InChI is InChI=1S/C4H8PS/c6-5-3-1-2-4-5/h1-4H2/q-1. The minimum Gasteiger partial charge on any atom is -0.758 e. The molecule has 0 nitrogen and oxygen atoms in total. The molecule has 0 N–H and O–H groups in total. The van der Waals surface area contributed by atoms with Gasteiger partial charge in [0.15, 0.2) is 0 Å². The Labute approximate surface area is 45.2 Å². The minimum atomic E-state index is 0.118. The Bertz CT molecular complexity index is 40.8. The van der Waals surface area contributed by atoms with Gasteiger partial charge in [0.2, 0.25) is 0 Å². The van der Waals surface area contributed by atoms with Crippen LogP contribution in [0.2, 0.25) is 0 Å². The highest BCUT2D eigenvalue weighted by atomic mass is 32.7. The lowest BCUT2D eigenvalue weighted by Crippen LogP contribution is -1.63. The van der Waals surface area contributed by atoms with E-state index in [9.17, 15) is 0 Å². The molecule has 36 valence electrons. The maximum Gasteiger partial charge on any atom is -0.0508 e. The summed E-state index contributed by atoms with van der Waals surface area (Å²) in [4.78, 5) is 0. The van der Waals surface area contributed by atoms with Crippen LogP contribution in [0.4, 0.5) is 0 Å². The summed E-state index contributed by atoms with van der Waals surface area (Å²) in [5.74, 6) is 0. The number of hydrogen-bond acceptors (Lipinski definition) is 1. The molecule has 6 heavy (non-hydrogen) atoms. The average molecular weight is 119 g/mol. The molecule has 0 unspecified atom stereocenters. The van der Waals surface area contributed by atoms with Gasteiger partial charge >= 0.3 is 0 Å². The van der Waals surface area contributed by atoms with Crippen LogP contribution in [0, 0.1) is 0 Å². The molecular formula is C4H8PS-. The third-order valence-electron chi connectivity index (χ3n) is 1.07. The molecule has 0 bridgehead atoms. The van der Waals surface area contributed by atoms with E-state index in [-0.39, 0.29) is 7.12 Å². The maximum absolute atomic E-state index is 5.07. The summed E-state index contributed by atoms with van der Waals surface area (Å²) < 4.78 is 0. The second-order valence-corrected chi connectivity index (χ2v) is 5.04. The topological polar surface area (TPSA) is 0 Å². The summed E-state index contributed by atoms with van der Waals surface area (Å²) in [7, 11) is 0.118. The summed E-state index contributed by atoms with van der Waals surface area (Å²) in [5.41, 5.74) is 0. The lowest BCUT2D eigenvalue weighted by atomic mass is 10.4. The largest absolute Gasteiger partial charge is 0.758 e. The van der Waals surface area contributed by atoms with Gasteiger partial charge in [0, 0.05) is 0 Å². The van der Waals surface area contributed by atoms with E-state index in [2.05, 4.69) is 0 Å². The van der Waals surface area contributed by atoms with Crippen LogP contribution in [0.5, 0.6) is 0 Å². The molecule has 1 saturated heterocycles. The summed E-state index contributed by atoms with van der Waals surface area (Å²) in [6.07, 6.45) is 5.56. The van der Waals surface area contributed by atoms with Gasteiger partial charge in [-0.15, -0.1) is 0 Å². The molecule has 0 saturated carbocycles. The lowest BCUT2D eigenvalue weighted by Gasteiger charge is -2.13. The van der Waals surface area contributed by atoms with Crippen molar-refractivity contribution in [2.24, 2.45) is 0 Å².